The maximum Gasteiger partial charge on any atom is 0.0989 e. The Morgan fingerprint density at radius 2 is 2.11 bits per heavy atom. The Labute approximate surface area is 110 Å². The van der Waals surface area contributed by atoms with E-state index in [1.807, 2.05) is 13.0 Å². The van der Waals surface area contributed by atoms with Crippen LogP contribution in [0.3, 0.4) is 0 Å². The Balaban J connectivity index is 2.34. The van der Waals surface area contributed by atoms with Gasteiger partial charge in [0.15, 0.2) is 0 Å². The lowest BCUT2D eigenvalue weighted by molar-refractivity contribution is 0.0929. The highest BCUT2D eigenvalue weighted by Gasteiger charge is 2.34. The van der Waals surface area contributed by atoms with Crippen molar-refractivity contribution >= 4 is 0 Å². The smallest absolute Gasteiger partial charge is 0.0989 e. The summed E-state index contributed by atoms with van der Waals surface area (Å²) >= 11 is 0. The molecule has 1 heterocycles. The second-order valence-corrected chi connectivity index (χ2v) is 5.78. The van der Waals surface area contributed by atoms with Gasteiger partial charge in [0.2, 0.25) is 0 Å². The number of allylic oxidation sites excluding steroid dienone is 4. The van der Waals surface area contributed by atoms with E-state index in [0.29, 0.717) is 17.6 Å². The molecule has 1 aliphatic carbocycles. The van der Waals surface area contributed by atoms with Gasteiger partial charge in [-0.3, -0.25) is 0 Å². The molecule has 100 valence electrons. The largest absolute Gasteiger partial charge is 0.512 e. The van der Waals surface area contributed by atoms with Gasteiger partial charge in [0, 0.05) is 18.3 Å². The van der Waals surface area contributed by atoms with Crippen molar-refractivity contribution in [2.24, 2.45) is 17.8 Å². The standard InChI is InChI=1S/C16H24O2/c1-10-5-7-14-13(4)18-11(2)6-8-16(17)12(3)15(14)9-10/h8-9,11-12,14-15,17H,4-7H2,1-3H3/b16-8+/t11?,12?,14-,15-/m0/s1. The van der Waals surface area contributed by atoms with Gasteiger partial charge in [-0.2, -0.15) is 0 Å². The molecular formula is C16H24O2. The first-order valence-electron chi connectivity index (χ1n) is 6.90. The van der Waals surface area contributed by atoms with E-state index in [9.17, 15) is 5.11 Å². The summed E-state index contributed by atoms with van der Waals surface area (Å²) in [7, 11) is 0. The molecule has 0 fully saturated rings. The van der Waals surface area contributed by atoms with Gasteiger partial charge in [0.05, 0.1) is 17.6 Å². The van der Waals surface area contributed by atoms with Crippen molar-refractivity contribution in [2.45, 2.75) is 46.1 Å². The van der Waals surface area contributed by atoms with Crippen molar-refractivity contribution in [1.82, 2.24) is 0 Å². The molecule has 2 nitrogen and oxygen atoms in total. The minimum atomic E-state index is 0.0950. The first-order valence-corrected chi connectivity index (χ1v) is 6.90. The molecule has 4 atom stereocenters. The average Bonchev–Trinajstić information content (AvgIpc) is 2.36. The van der Waals surface area contributed by atoms with E-state index in [0.717, 1.165) is 25.0 Å². The maximum atomic E-state index is 10.2. The van der Waals surface area contributed by atoms with Crippen molar-refractivity contribution in [3.05, 3.63) is 35.8 Å². The van der Waals surface area contributed by atoms with Crippen LogP contribution in [0, 0.1) is 17.8 Å². The summed E-state index contributed by atoms with van der Waals surface area (Å²) in [4.78, 5) is 0. The second-order valence-electron chi connectivity index (χ2n) is 5.78. The van der Waals surface area contributed by atoms with Gasteiger partial charge in [0.25, 0.3) is 0 Å². The fourth-order valence-corrected chi connectivity index (χ4v) is 3.04. The topological polar surface area (TPSA) is 29.5 Å². The minimum Gasteiger partial charge on any atom is -0.512 e. The van der Waals surface area contributed by atoms with Crippen molar-refractivity contribution in [1.29, 1.82) is 0 Å². The lowest BCUT2D eigenvalue weighted by atomic mass is 9.73. The van der Waals surface area contributed by atoms with Crippen molar-refractivity contribution < 1.29 is 9.84 Å². The Hall–Kier alpha value is -1.18. The Morgan fingerprint density at radius 1 is 1.39 bits per heavy atom. The molecule has 0 saturated heterocycles. The van der Waals surface area contributed by atoms with E-state index in [-0.39, 0.29) is 12.0 Å². The lowest BCUT2D eigenvalue weighted by Crippen LogP contribution is -2.27. The van der Waals surface area contributed by atoms with Crippen LogP contribution >= 0.6 is 0 Å². The highest BCUT2D eigenvalue weighted by molar-refractivity contribution is 5.17. The third-order valence-electron chi connectivity index (χ3n) is 4.26. The SMILES string of the molecule is C=C1OC(C)C/C=C(/O)C(C)[C@@H]2C=C(C)CC[C@@H]12. The maximum absolute atomic E-state index is 10.2. The molecule has 0 aromatic rings. The number of hydrogen-bond acceptors (Lipinski definition) is 2. The molecule has 0 radical (unpaired) electrons. The second kappa shape index (κ2) is 5.21. The zero-order valence-electron chi connectivity index (χ0n) is 11.6. The number of rotatable bonds is 0. The molecule has 2 unspecified atom stereocenters. The average molecular weight is 248 g/mol. The molecule has 0 aromatic carbocycles. The van der Waals surface area contributed by atoms with Crippen molar-refractivity contribution in [3.8, 4) is 0 Å². The zero-order valence-corrected chi connectivity index (χ0v) is 11.6. The molecule has 18 heavy (non-hydrogen) atoms. The highest BCUT2D eigenvalue weighted by atomic mass is 16.5. The fraction of sp³-hybridized carbons (Fsp3) is 0.625. The number of hydrogen-bond donors (Lipinski definition) is 1. The van der Waals surface area contributed by atoms with Crippen LogP contribution in [0.5, 0.6) is 0 Å². The number of aliphatic hydroxyl groups excluding tert-OH is 1. The van der Waals surface area contributed by atoms with Crippen LogP contribution < -0.4 is 0 Å². The third kappa shape index (κ3) is 2.63. The molecule has 0 spiro atoms. The van der Waals surface area contributed by atoms with Crippen molar-refractivity contribution in [3.63, 3.8) is 0 Å². The molecule has 0 saturated carbocycles. The zero-order chi connectivity index (χ0) is 13.3. The fourth-order valence-electron chi connectivity index (χ4n) is 3.04. The van der Waals surface area contributed by atoms with Crippen LogP contribution in [0.25, 0.3) is 0 Å². The molecule has 1 N–H and O–H groups in total. The van der Waals surface area contributed by atoms with Crippen LogP contribution in [0.15, 0.2) is 35.8 Å². The molecule has 0 aromatic heterocycles. The Kier molecular flexibility index (Phi) is 3.84. The van der Waals surface area contributed by atoms with E-state index >= 15 is 0 Å². The molecule has 0 amide bonds. The van der Waals surface area contributed by atoms with Gasteiger partial charge in [-0.15, -0.1) is 0 Å². The predicted octanol–water partition coefficient (Wildman–Crippen LogP) is 4.36. The molecule has 2 heteroatoms. The van der Waals surface area contributed by atoms with E-state index in [1.165, 1.54) is 5.57 Å². The number of ether oxygens (including phenoxy) is 1. The van der Waals surface area contributed by atoms with E-state index in [4.69, 9.17) is 4.74 Å². The summed E-state index contributed by atoms with van der Waals surface area (Å²) < 4.78 is 5.89. The van der Waals surface area contributed by atoms with E-state index in [2.05, 4.69) is 26.5 Å². The molecule has 0 bridgehead atoms. The summed E-state index contributed by atoms with van der Waals surface area (Å²) in [5, 5.41) is 10.2. The summed E-state index contributed by atoms with van der Waals surface area (Å²) in [5.74, 6) is 2.19. The molecule has 2 aliphatic rings. The van der Waals surface area contributed by atoms with Gasteiger partial charge in [-0.1, -0.05) is 25.2 Å². The van der Waals surface area contributed by atoms with Gasteiger partial charge >= 0.3 is 0 Å². The van der Waals surface area contributed by atoms with Crippen LogP contribution in [0.1, 0.15) is 40.0 Å². The summed E-state index contributed by atoms with van der Waals surface area (Å²) in [6, 6.07) is 0. The Morgan fingerprint density at radius 3 is 2.83 bits per heavy atom. The van der Waals surface area contributed by atoms with Crippen molar-refractivity contribution in [2.75, 3.05) is 0 Å². The first kappa shape index (κ1) is 13.3. The quantitative estimate of drug-likeness (QED) is 0.645. The first-order chi connectivity index (χ1) is 8.49. The third-order valence-corrected chi connectivity index (χ3v) is 4.26. The minimum absolute atomic E-state index is 0.0950. The monoisotopic (exact) mass is 248 g/mol. The van der Waals surface area contributed by atoms with E-state index in [1.54, 1.807) is 0 Å². The van der Waals surface area contributed by atoms with Crippen LogP contribution in [-0.2, 0) is 4.74 Å². The van der Waals surface area contributed by atoms with Crippen LogP contribution in [0.2, 0.25) is 0 Å². The molecular weight excluding hydrogens is 224 g/mol. The van der Waals surface area contributed by atoms with Crippen LogP contribution in [0.4, 0.5) is 0 Å². The Bertz CT molecular complexity index is 392. The van der Waals surface area contributed by atoms with Gasteiger partial charge in [-0.05, 0) is 38.7 Å². The summed E-state index contributed by atoms with van der Waals surface area (Å²) in [6.07, 6.45) is 7.23. The predicted molar refractivity (Wildman–Crippen MR) is 74.2 cm³/mol. The number of fused-ring (bicyclic) bond motifs is 1. The normalized spacial score (nSPS) is 40.3. The van der Waals surface area contributed by atoms with Crippen LogP contribution in [-0.4, -0.2) is 11.2 Å². The lowest BCUT2D eigenvalue weighted by Gasteiger charge is -2.34. The van der Waals surface area contributed by atoms with Gasteiger partial charge in [0.1, 0.15) is 0 Å². The molecule has 2 rings (SSSR count). The highest BCUT2D eigenvalue weighted by Crippen LogP contribution is 2.41. The van der Waals surface area contributed by atoms with Gasteiger partial charge in [-0.25, -0.2) is 0 Å². The van der Waals surface area contributed by atoms with Gasteiger partial charge < -0.3 is 9.84 Å². The number of aliphatic hydroxyl groups is 1. The molecule has 1 aliphatic heterocycles. The summed E-state index contributed by atoms with van der Waals surface area (Å²) in [6.45, 7) is 10.4. The summed E-state index contributed by atoms with van der Waals surface area (Å²) in [5.41, 5.74) is 1.41. The van der Waals surface area contributed by atoms with E-state index < -0.39 is 0 Å².